The Labute approximate surface area is 218 Å². The first-order valence-electron chi connectivity index (χ1n) is 11.6. The molecule has 0 aliphatic heterocycles. The normalized spacial score (nSPS) is 13.6. The molecule has 4 rings (SSSR count). The van der Waals surface area contributed by atoms with E-state index >= 15 is 0 Å². The third-order valence-corrected chi connectivity index (χ3v) is 8.06. The number of hydrogen-bond acceptors (Lipinski definition) is 9. The molecule has 4 aromatic rings. The number of carboxylic acid groups (broad SMARTS) is 1. The van der Waals surface area contributed by atoms with Crippen molar-refractivity contribution in [2.45, 2.75) is 43.3 Å². The summed E-state index contributed by atoms with van der Waals surface area (Å²) in [5.41, 5.74) is 2.20. The third kappa shape index (κ3) is 6.89. The van der Waals surface area contributed by atoms with Crippen molar-refractivity contribution in [2.75, 3.05) is 6.54 Å². The van der Waals surface area contributed by atoms with Crippen LogP contribution in [0.1, 0.15) is 31.1 Å². The average molecular weight is 545 g/mol. The van der Waals surface area contributed by atoms with Crippen LogP contribution in [0.3, 0.4) is 0 Å². The van der Waals surface area contributed by atoms with Crippen LogP contribution in [0.5, 0.6) is 5.75 Å². The van der Waals surface area contributed by atoms with E-state index in [0.717, 1.165) is 16.9 Å². The summed E-state index contributed by atoms with van der Waals surface area (Å²) in [6.07, 6.45) is 2.42. The Hall–Kier alpha value is -3.39. The van der Waals surface area contributed by atoms with Crippen LogP contribution in [0.15, 0.2) is 59.1 Å². The molecule has 2 heterocycles. The lowest BCUT2D eigenvalue weighted by Crippen LogP contribution is -2.43. The van der Waals surface area contributed by atoms with Crippen molar-refractivity contribution in [1.82, 2.24) is 25.3 Å². The quantitative estimate of drug-likeness (QED) is 0.243. The van der Waals surface area contributed by atoms with Gasteiger partial charge in [0.15, 0.2) is 0 Å². The summed E-state index contributed by atoms with van der Waals surface area (Å²) in [4.78, 5) is 15.7. The van der Waals surface area contributed by atoms with Crippen molar-refractivity contribution in [3.8, 4) is 5.75 Å². The molecule has 0 saturated heterocycles. The SMILES string of the molecule is CC(C)C(NC[C@@H](Cc1ccccc1)n1cc(COc2ccc3nc(S(N)(=O)=O)sc3c2)nn1)C(=O)O. The van der Waals surface area contributed by atoms with Crippen molar-refractivity contribution in [3.63, 3.8) is 0 Å². The molecule has 2 aromatic heterocycles. The van der Waals surface area contributed by atoms with Crippen molar-refractivity contribution in [1.29, 1.82) is 0 Å². The van der Waals surface area contributed by atoms with Gasteiger partial charge in [0, 0.05) is 6.54 Å². The molecule has 0 radical (unpaired) electrons. The highest BCUT2D eigenvalue weighted by Crippen LogP contribution is 2.28. The predicted octanol–water partition coefficient (Wildman–Crippen LogP) is 2.60. The number of carboxylic acids is 1. The number of benzene rings is 2. The topological polar surface area (TPSA) is 162 Å². The molecule has 2 aromatic carbocycles. The van der Waals surface area contributed by atoms with E-state index in [4.69, 9.17) is 9.88 Å². The summed E-state index contributed by atoms with van der Waals surface area (Å²) < 4.78 is 31.2. The molecular weight excluding hydrogens is 516 g/mol. The zero-order valence-electron chi connectivity index (χ0n) is 20.3. The highest BCUT2D eigenvalue weighted by molar-refractivity contribution is 7.91. The Kier molecular flexibility index (Phi) is 8.17. The van der Waals surface area contributed by atoms with E-state index in [-0.39, 0.29) is 22.9 Å². The van der Waals surface area contributed by atoms with Gasteiger partial charge in [-0.3, -0.25) is 4.79 Å². The lowest BCUT2D eigenvalue weighted by Gasteiger charge is -2.23. The number of nitrogens with two attached hydrogens (primary N) is 1. The molecule has 0 fully saturated rings. The molecule has 11 nitrogen and oxygen atoms in total. The van der Waals surface area contributed by atoms with E-state index in [0.29, 0.717) is 34.6 Å². The number of ether oxygens (including phenoxy) is 1. The first kappa shape index (κ1) is 26.7. The smallest absolute Gasteiger partial charge is 0.320 e. The van der Waals surface area contributed by atoms with Gasteiger partial charge >= 0.3 is 5.97 Å². The molecule has 1 unspecified atom stereocenters. The molecule has 0 aliphatic rings. The van der Waals surface area contributed by atoms with Crippen molar-refractivity contribution in [2.24, 2.45) is 11.1 Å². The molecule has 0 saturated carbocycles. The molecule has 0 bridgehead atoms. The fraction of sp³-hybridized carbons (Fsp3) is 0.333. The number of fused-ring (bicyclic) bond motifs is 1. The van der Waals surface area contributed by atoms with Gasteiger partial charge in [-0.25, -0.2) is 23.2 Å². The van der Waals surface area contributed by atoms with Gasteiger partial charge in [-0.15, -0.1) is 16.4 Å². The Morgan fingerprint density at radius 1 is 1.22 bits per heavy atom. The molecule has 2 atom stereocenters. The second-order valence-electron chi connectivity index (χ2n) is 8.94. The maximum absolute atomic E-state index is 11.7. The number of hydrogen-bond donors (Lipinski definition) is 3. The summed E-state index contributed by atoms with van der Waals surface area (Å²) in [5, 5.41) is 26.4. The summed E-state index contributed by atoms with van der Waals surface area (Å²) >= 11 is 0.976. The monoisotopic (exact) mass is 544 g/mol. The van der Waals surface area contributed by atoms with Crippen LogP contribution >= 0.6 is 11.3 Å². The van der Waals surface area contributed by atoms with Gasteiger partial charge in [-0.05, 0) is 36.1 Å². The predicted molar refractivity (Wildman–Crippen MR) is 139 cm³/mol. The Balaban J connectivity index is 1.47. The average Bonchev–Trinajstić information content (AvgIpc) is 3.49. The first-order chi connectivity index (χ1) is 17.6. The van der Waals surface area contributed by atoms with Crippen molar-refractivity contribution < 1.29 is 23.1 Å². The van der Waals surface area contributed by atoms with Crippen LogP contribution in [0.2, 0.25) is 0 Å². The van der Waals surface area contributed by atoms with Gasteiger partial charge in [0.1, 0.15) is 24.1 Å². The number of aromatic nitrogens is 4. The third-order valence-electron chi connectivity index (χ3n) is 5.72. The minimum absolute atomic E-state index is 0.0773. The number of rotatable bonds is 12. The van der Waals surface area contributed by atoms with Crippen LogP contribution in [-0.2, 0) is 27.8 Å². The molecule has 4 N–H and O–H groups in total. The largest absolute Gasteiger partial charge is 0.487 e. The molecule has 0 amide bonds. The molecule has 0 aliphatic carbocycles. The number of thiazole rings is 1. The number of nitrogens with one attached hydrogen (secondary N) is 1. The summed E-state index contributed by atoms with van der Waals surface area (Å²) in [7, 11) is -3.87. The van der Waals surface area contributed by atoms with Gasteiger partial charge in [0.05, 0.1) is 22.5 Å². The number of carbonyl (C=O) groups is 1. The van der Waals surface area contributed by atoms with Crippen LogP contribution < -0.4 is 15.2 Å². The van der Waals surface area contributed by atoms with E-state index in [1.54, 1.807) is 29.1 Å². The lowest BCUT2D eigenvalue weighted by atomic mass is 10.0. The highest BCUT2D eigenvalue weighted by atomic mass is 32.2. The number of aliphatic carboxylic acids is 1. The second-order valence-corrected chi connectivity index (χ2v) is 11.7. The Morgan fingerprint density at radius 3 is 2.65 bits per heavy atom. The lowest BCUT2D eigenvalue weighted by molar-refractivity contribution is -0.140. The molecule has 0 spiro atoms. The van der Waals surface area contributed by atoms with E-state index in [9.17, 15) is 18.3 Å². The van der Waals surface area contributed by atoms with Crippen molar-refractivity contribution in [3.05, 3.63) is 66.0 Å². The standard InChI is InChI=1S/C24H28N6O5S2/c1-15(2)22(23(31)32)26-12-18(10-16-6-4-3-5-7-16)30-13-17(28-29-30)14-35-19-8-9-20-21(11-19)36-24(27-20)37(25,33)34/h3-9,11,13,15,18,22,26H,10,12,14H2,1-2H3,(H,31,32)(H2,25,33,34)/t18-,22?/m1/s1. The summed E-state index contributed by atoms with van der Waals surface area (Å²) in [6, 6.07) is 14.1. The second kappa shape index (κ2) is 11.3. The molecule has 13 heteroatoms. The van der Waals surface area contributed by atoms with Crippen LogP contribution in [0, 0.1) is 5.92 Å². The van der Waals surface area contributed by atoms with Crippen LogP contribution in [0.25, 0.3) is 10.2 Å². The maximum Gasteiger partial charge on any atom is 0.320 e. The van der Waals surface area contributed by atoms with Crippen LogP contribution in [0.4, 0.5) is 0 Å². The summed E-state index contributed by atoms with van der Waals surface area (Å²) in [6.45, 7) is 4.26. The number of sulfonamides is 1. The zero-order valence-corrected chi connectivity index (χ0v) is 21.9. The van der Waals surface area contributed by atoms with Gasteiger partial charge in [-0.1, -0.05) is 49.4 Å². The van der Waals surface area contributed by atoms with E-state index < -0.39 is 22.0 Å². The van der Waals surface area contributed by atoms with Gasteiger partial charge < -0.3 is 15.2 Å². The van der Waals surface area contributed by atoms with E-state index in [1.165, 1.54) is 0 Å². The maximum atomic E-state index is 11.7. The van der Waals surface area contributed by atoms with Gasteiger partial charge in [0.2, 0.25) is 4.34 Å². The molecule has 196 valence electrons. The molecular formula is C24H28N6O5S2. The Morgan fingerprint density at radius 2 is 1.97 bits per heavy atom. The van der Waals surface area contributed by atoms with Crippen molar-refractivity contribution >= 4 is 37.5 Å². The minimum atomic E-state index is -3.87. The van der Waals surface area contributed by atoms with Crippen LogP contribution in [-0.4, -0.2) is 52.1 Å². The van der Waals surface area contributed by atoms with E-state index in [1.807, 2.05) is 44.2 Å². The Bertz CT molecular complexity index is 1470. The number of primary sulfonamides is 1. The first-order valence-corrected chi connectivity index (χ1v) is 13.9. The fourth-order valence-corrected chi connectivity index (χ4v) is 5.51. The van der Waals surface area contributed by atoms with Gasteiger partial charge in [0.25, 0.3) is 10.0 Å². The molecule has 37 heavy (non-hydrogen) atoms. The van der Waals surface area contributed by atoms with Gasteiger partial charge in [-0.2, -0.15) is 0 Å². The highest BCUT2D eigenvalue weighted by Gasteiger charge is 2.23. The van der Waals surface area contributed by atoms with E-state index in [2.05, 4.69) is 20.6 Å². The minimum Gasteiger partial charge on any atom is -0.487 e. The number of nitrogens with zero attached hydrogens (tertiary/aromatic N) is 4. The summed E-state index contributed by atoms with van der Waals surface area (Å²) in [5.74, 6) is -0.447. The zero-order chi connectivity index (χ0) is 26.6. The fourth-order valence-electron chi connectivity index (χ4n) is 3.83.